The summed E-state index contributed by atoms with van der Waals surface area (Å²) in [6.45, 7) is 6.25. The number of aliphatic hydroxyl groups is 4. The molecule has 9 aliphatic heterocycles. The summed E-state index contributed by atoms with van der Waals surface area (Å²) in [6.07, 6.45) is -19.7. The number of halogens is 1. The van der Waals surface area contributed by atoms with Crippen LogP contribution in [0.2, 0.25) is 5.02 Å². The third kappa shape index (κ3) is 15.2. The normalized spacial score (nSPS) is 32.0. The molecule has 9 aliphatic rings. The van der Waals surface area contributed by atoms with E-state index in [1.165, 1.54) is 61.7 Å². The monoisotopic (exact) mass is 1470 g/mol. The number of rotatable bonds is 11. The largest absolute Gasteiger partial charge is 0.508 e. The Kier molecular flexibility index (Phi) is 21.5. The van der Waals surface area contributed by atoms with Gasteiger partial charge in [0.2, 0.25) is 29.8 Å². The van der Waals surface area contributed by atoms with E-state index >= 15 is 19.2 Å². The Balaban J connectivity index is 1.06. The molecule has 105 heavy (non-hydrogen) atoms. The number of Topliss-reactive ketones (excluding diaryl/α,β-unsaturated/α-hetero) is 2. The van der Waals surface area contributed by atoms with Crippen molar-refractivity contribution in [1.82, 2.24) is 21.3 Å². The summed E-state index contributed by atoms with van der Waals surface area (Å²) in [5.41, 5.74) is 12.5. The van der Waals surface area contributed by atoms with Crippen molar-refractivity contribution < 1.29 is 117 Å². The Morgan fingerprint density at radius 2 is 1.35 bits per heavy atom. The van der Waals surface area contributed by atoms with E-state index in [1.54, 1.807) is 56.3 Å². The number of nitrogens with one attached hydrogen (secondary N) is 4. The van der Waals surface area contributed by atoms with Crippen molar-refractivity contribution in [3.05, 3.63) is 166 Å². The maximum Gasteiger partial charge on any atom is 0.330 e. The zero-order valence-corrected chi connectivity index (χ0v) is 57.4. The molecule has 3 amide bonds. The number of carboxylic acids is 1. The number of amides is 3. The SMILES string of the molecule is C=C1N[C@H]2C(=O)C[C@@H](Cc3ccccc3)C(=O)N[C@@H]3C(=O)C[C@@H]4C(=O)N[C@H](C(=O)N[C@H](C(=O)O)c5cc(O)cc(O)c5-c5cc4ccc5O)[C@H](OC4CC(N)[C@@H](OC)[C@H](C)O4)c4ccc(c(Cl)c4)Oc4cc3cc(c4O[C@@H]3OC(CO)[C@@H](O)[C@H](O)C3OC3CC(N)[C@@H](O)[C@H](C)O3)Oc3ccc(cc3)[C@H]2O1. The molecular weight excluding hydrogens is 1390 g/mol. The maximum atomic E-state index is 16.5. The number of phenols is 3. The minimum absolute atomic E-state index is 0.0240. The molecule has 9 heterocycles. The average molecular weight is 1470 g/mol. The molecule has 15 rings (SSSR count). The van der Waals surface area contributed by atoms with Gasteiger partial charge < -0.3 is 121 Å². The number of hydrogen-bond acceptors (Lipinski definition) is 26. The number of hydrogen-bond donors (Lipinski definition) is 14. The van der Waals surface area contributed by atoms with E-state index in [4.69, 9.17) is 70.4 Å². The van der Waals surface area contributed by atoms with Crippen LogP contribution in [0.1, 0.15) is 103 Å². The van der Waals surface area contributed by atoms with Crippen LogP contribution in [0.4, 0.5) is 0 Å². The van der Waals surface area contributed by atoms with Gasteiger partial charge in [-0.05, 0) is 109 Å². The van der Waals surface area contributed by atoms with Gasteiger partial charge in [-0.3, -0.25) is 24.0 Å². The van der Waals surface area contributed by atoms with Gasteiger partial charge in [0, 0.05) is 73.6 Å². The lowest BCUT2D eigenvalue weighted by atomic mass is 9.84. The second-order valence-electron chi connectivity index (χ2n) is 27.1. The van der Waals surface area contributed by atoms with E-state index in [-0.39, 0.29) is 69.7 Å². The number of methoxy groups -OCH3 is 1. The summed E-state index contributed by atoms with van der Waals surface area (Å²) >= 11 is 7.40. The summed E-state index contributed by atoms with van der Waals surface area (Å²) in [4.78, 5) is 92.9. The van der Waals surface area contributed by atoms with Crippen LogP contribution in [0, 0.1) is 5.92 Å². The predicted molar refractivity (Wildman–Crippen MR) is 366 cm³/mol. The molecule has 31 heteroatoms. The summed E-state index contributed by atoms with van der Waals surface area (Å²) in [5, 5.41) is 102. The molecule has 0 spiro atoms. The molecule has 0 saturated carbocycles. The highest BCUT2D eigenvalue weighted by atomic mass is 35.5. The smallest absolute Gasteiger partial charge is 0.330 e. The Morgan fingerprint density at radius 1 is 0.657 bits per heavy atom. The van der Waals surface area contributed by atoms with Crippen molar-refractivity contribution in [2.45, 2.75) is 168 Å². The van der Waals surface area contributed by atoms with Gasteiger partial charge >= 0.3 is 5.97 Å². The highest BCUT2D eigenvalue weighted by molar-refractivity contribution is 6.32. The topological polar surface area (TPSA) is 457 Å². The molecule has 21 atom stereocenters. The highest BCUT2D eigenvalue weighted by Gasteiger charge is 2.51. The lowest BCUT2D eigenvalue weighted by molar-refractivity contribution is -0.330. The number of ketones is 2. The van der Waals surface area contributed by atoms with Crippen molar-refractivity contribution in [2.75, 3.05) is 13.7 Å². The summed E-state index contributed by atoms with van der Waals surface area (Å²) in [7, 11) is 1.43. The molecule has 0 radical (unpaired) electrons. The highest BCUT2D eigenvalue weighted by Crippen LogP contribution is 2.50. The number of aliphatic hydroxyl groups excluding tert-OH is 4. The molecule has 0 aromatic heterocycles. The second-order valence-corrected chi connectivity index (χ2v) is 27.5. The molecule has 4 fully saturated rings. The molecule has 16 N–H and O–H groups in total. The standard InChI is InChI=1S/C74H79ClN6O24/c1-30-62(88)45(76)27-55(97-30)104-69-64(90)63(89)54(29-82)102-74(69)105-68-52-22-37-23-53(68)101-51-17-13-36(20-44(51)75)67(103-56-28-46(77)65(96-4)31(2)98-56)61-72(93)80-59(73(94)95)43-24-39(83)25-48(85)57(43)42-19-35(12-16-47(42)84)41(71(92)81-61)26-50(87)58(37)79-70(91)38(18-33-8-6-5-7-9-33)21-49(86)60-66(99-32(3)78-60)34-10-14-40(100-52)15-11-34/h5-17,19-20,22-25,30-31,38,41,45-46,54-56,58-67,69,74,78,82-85,88-90H,3,18,21,26-29,76-77H2,1-2,4H3,(H,79,91)(H,80,93)(H,81,92)(H,94,95)/t30-,31-,38+,41-,45?,46?,54?,55?,56?,58-,59-,60-,61-,62-,63+,64-,65-,66+,67+,69?,74-/m0/s1. The fourth-order valence-corrected chi connectivity index (χ4v) is 14.8. The number of carbonyl (C=O) groups excluding carboxylic acids is 5. The Morgan fingerprint density at radius 3 is 2.05 bits per heavy atom. The molecular formula is C74H79ClN6O24. The number of benzene rings is 6. The van der Waals surface area contributed by atoms with Crippen LogP contribution < -0.4 is 46.9 Å². The summed E-state index contributed by atoms with van der Waals surface area (Å²) in [5.74, 6) is -13.1. The number of aliphatic carboxylic acids is 1. The Labute approximate surface area is 604 Å². The number of fused-ring (bicyclic) bond motifs is 13. The van der Waals surface area contributed by atoms with Gasteiger partial charge in [0.15, 0.2) is 59.8 Å². The molecule has 11 bridgehead atoms. The zero-order valence-electron chi connectivity index (χ0n) is 56.7. The minimum Gasteiger partial charge on any atom is -0.508 e. The van der Waals surface area contributed by atoms with Crippen LogP contribution in [0.25, 0.3) is 11.1 Å². The molecule has 6 aromatic carbocycles. The average Bonchev–Trinajstić information content (AvgIpc) is 1.25. The van der Waals surface area contributed by atoms with E-state index < -0.39 is 223 Å². The van der Waals surface area contributed by atoms with Crippen LogP contribution in [0.3, 0.4) is 0 Å². The maximum absolute atomic E-state index is 16.5. The second kappa shape index (κ2) is 30.5. The molecule has 6 aromatic rings. The number of nitrogens with two attached hydrogens (primary N) is 2. The van der Waals surface area contributed by atoms with Crippen LogP contribution in [0.15, 0.2) is 128 Å². The quantitative estimate of drug-likeness (QED) is 0.0861. The van der Waals surface area contributed by atoms with Crippen molar-refractivity contribution in [3.63, 3.8) is 0 Å². The van der Waals surface area contributed by atoms with Gasteiger partial charge in [-0.1, -0.05) is 66.2 Å². The number of ether oxygens (including phenoxy) is 10. The van der Waals surface area contributed by atoms with Crippen molar-refractivity contribution >= 4 is 46.9 Å². The number of carbonyl (C=O) groups is 6. The minimum atomic E-state index is -2.19. The molecule has 556 valence electrons. The van der Waals surface area contributed by atoms with Gasteiger partial charge in [0.05, 0.1) is 42.0 Å². The first-order chi connectivity index (χ1) is 50.2. The first-order valence-electron chi connectivity index (χ1n) is 34.0. The molecule has 6 unspecified atom stereocenters. The Hall–Kier alpha value is -9.51. The first-order valence-corrected chi connectivity index (χ1v) is 34.4. The lowest BCUT2D eigenvalue weighted by Crippen LogP contribution is -2.62. The third-order valence-corrected chi connectivity index (χ3v) is 20.3. The van der Waals surface area contributed by atoms with E-state index in [9.17, 15) is 50.4 Å². The van der Waals surface area contributed by atoms with Gasteiger partial charge in [0.25, 0.3) is 0 Å². The fraction of sp³-hybridized carbons (Fsp3) is 0.405. The van der Waals surface area contributed by atoms with Crippen molar-refractivity contribution in [2.24, 2.45) is 17.4 Å². The van der Waals surface area contributed by atoms with Gasteiger partial charge in [0.1, 0.15) is 71.3 Å². The lowest BCUT2D eigenvalue weighted by Gasteiger charge is -2.44. The van der Waals surface area contributed by atoms with E-state index in [0.717, 1.165) is 18.2 Å². The number of carboxylic acid groups (broad SMARTS) is 1. The zero-order chi connectivity index (χ0) is 74.6. The van der Waals surface area contributed by atoms with Crippen LogP contribution in [-0.2, 0) is 68.3 Å². The molecule has 4 saturated heterocycles. The Bertz CT molecular complexity index is 4300. The van der Waals surface area contributed by atoms with E-state index in [2.05, 4.69) is 27.8 Å². The summed E-state index contributed by atoms with van der Waals surface area (Å²) in [6, 6.07) is 17.8. The van der Waals surface area contributed by atoms with E-state index in [0.29, 0.717) is 11.1 Å². The predicted octanol–water partition coefficient (Wildman–Crippen LogP) is 4.26. The van der Waals surface area contributed by atoms with Crippen LogP contribution in [-0.4, -0.2) is 182 Å². The van der Waals surface area contributed by atoms with Gasteiger partial charge in [-0.25, -0.2) is 4.79 Å². The van der Waals surface area contributed by atoms with Crippen LogP contribution in [0.5, 0.6) is 46.0 Å². The van der Waals surface area contributed by atoms with Crippen molar-refractivity contribution in [1.29, 1.82) is 0 Å². The summed E-state index contributed by atoms with van der Waals surface area (Å²) < 4.78 is 64.1. The first kappa shape index (κ1) is 73.8. The van der Waals surface area contributed by atoms with Crippen LogP contribution >= 0.6 is 11.6 Å². The van der Waals surface area contributed by atoms with E-state index in [1.807, 2.05) is 0 Å². The molecule has 30 nitrogen and oxygen atoms in total. The molecule has 0 aliphatic carbocycles. The third-order valence-electron chi connectivity index (χ3n) is 20.0. The van der Waals surface area contributed by atoms with Gasteiger partial charge in [-0.15, -0.1) is 0 Å². The fourth-order valence-electron chi connectivity index (χ4n) is 14.6. The van der Waals surface area contributed by atoms with Crippen molar-refractivity contribution in [3.8, 4) is 57.1 Å². The number of aromatic hydroxyl groups is 3. The van der Waals surface area contributed by atoms with Gasteiger partial charge in [-0.2, -0.15) is 0 Å². The number of phenolic OH excluding ortho intramolecular Hbond substituents is 3.